The summed E-state index contributed by atoms with van der Waals surface area (Å²) in [6.07, 6.45) is 2.29. The number of ether oxygens (including phenoxy) is 3. The molecule has 0 aliphatic heterocycles. The van der Waals surface area contributed by atoms with Crippen LogP contribution in [0.2, 0.25) is 0 Å². The molecule has 7 heteroatoms. The number of amides is 2. The monoisotopic (exact) mass is 386 g/mol. The first-order valence-corrected chi connectivity index (χ1v) is 9.16. The lowest BCUT2D eigenvalue weighted by atomic mass is 9.79. The Kier molecular flexibility index (Phi) is 5.94. The van der Waals surface area contributed by atoms with Crippen LogP contribution < -0.4 is 24.8 Å². The molecule has 0 spiro atoms. The third-order valence-corrected chi connectivity index (χ3v) is 5.04. The van der Waals surface area contributed by atoms with Crippen molar-refractivity contribution in [3.63, 3.8) is 0 Å². The normalized spacial score (nSPS) is 18.0. The van der Waals surface area contributed by atoms with Crippen LogP contribution in [-0.4, -0.2) is 39.0 Å². The minimum absolute atomic E-state index is 0.102. The van der Waals surface area contributed by atoms with Crippen molar-refractivity contribution in [2.45, 2.75) is 24.9 Å². The first-order valence-electron chi connectivity index (χ1n) is 9.16. The van der Waals surface area contributed by atoms with Gasteiger partial charge < -0.3 is 30.0 Å². The molecule has 0 unspecified atom stereocenters. The molecule has 1 atom stereocenters. The average molecular weight is 386 g/mol. The molecule has 1 aliphatic carbocycles. The average Bonchev–Trinajstić information content (AvgIpc) is 2.72. The van der Waals surface area contributed by atoms with Crippen molar-refractivity contribution in [3.8, 4) is 17.2 Å². The Morgan fingerprint density at radius 1 is 1.14 bits per heavy atom. The number of urea groups is 1. The van der Waals surface area contributed by atoms with Crippen LogP contribution in [0.3, 0.4) is 0 Å². The van der Waals surface area contributed by atoms with Gasteiger partial charge in [-0.2, -0.15) is 0 Å². The molecule has 0 saturated heterocycles. The van der Waals surface area contributed by atoms with Crippen molar-refractivity contribution in [2.24, 2.45) is 0 Å². The molecule has 7 nitrogen and oxygen atoms in total. The van der Waals surface area contributed by atoms with Gasteiger partial charge in [-0.15, -0.1) is 0 Å². The van der Waals surface area contributed by atoms with Crippen LogP contribution in [-0.2, 0) is 12.0 Å². The summed E-state index contributed by atoms with van der Waals surface area (Å²) in [7, 11) is 4.67. The van der Waals surface area contributed by atoms with E-state index in [-0.39, 0.29) is 6.54 Å². The number of aliphatic hydroxyl groups is 1. The van der Waals surface area contributed by atoms with E-state index in [2.05, 4.69) is 10.6 Å². The van der Waals surface area contributed by atoms with Gasteiger partial charge in [0.05, 0.1) is 33.6 Å². The maximum atomic E-state index is 12.4. The number of anilines is 1. The van der Waals surface area contributed by atoms with Gasteiger partial charge in [0.2, 0.25) is 0 Å². The summed E-state index contributed by atoms with van der Waals surface area (Å²) in [6.45, 7) is 0.102. The summed E-state index contributed by atoms with van der Waals surface area (Å²) < 4.78 is 15.8. The maximum Gasteiger partial charge on any atom is 0.319 e. The SMILES string of the molecule is COc1ccc2c(c1)CCC[C@@]2(O)CNC(=O)Nc1cccc(OC)c1OC. The van der Waals surface area contributed by atoms with E-state index in [1.807, 2.05) is 18.2 Å². The Morgan fingerprint density at radius 2 is 1.96 bits per heavy atom. The summed E-state index contributed by atoms with van der Waals surface area (Å²) >= 11 is 0. The molecule has 0 saturated carbocycles. The van der Waals surface area contributed by atoms with Crippen molar-refractivity contribution in [3.05, 3.63) is 47.5 Å². The van der Waals surface area contributed by atoms with E-state index in [1.165, 1.54) is 14.2 Å². The fraction of sp³-hybridized carbons (Fsp3) is 0.381. The molecule has 28 heavy (non-hydrogen) atoms. The number of hydrogen-bond acceptors (Lipinski definition) is 5. The zero-order chi connectivity index (χ0) is 20.1. The second-order valence-corrected chi connectivity index (χ2v) is 6.76. The second-order valence-electron chi connectivity index (χ2n) is 6.76. The van der Waals surface area contributed by atoms with Gasteiger partial charge in [0.25, 0.3) is 0 Å². The predicted molar refractivity (Wildman–Crippen MR) is 106 cm³/mol. The van der Waals surface area contributed by atoms with E-state index < -0.39 is 11.6 Å². The van der Waals surface area contributed by atoms with Gasteiger partial charge in [0.15, 0.2) is 11.5 Å². The molecule has 3 rings (SSSR count). The molecule has 150 valence electrons. The quantitative estimate of drug-likeness (QED) is 0.710. The van der Waals surface area contributed by atoms with Gasteiger partial charge in [0.1, 0.15) is 11.4 Å². The van der Waals surface area contributed by atoms with Crippen molar-refractivity contribution in [2.75, 3.05) is 33.2 Å². The smallest absolute Gasteiger partial charge is 0.319 e. The molecule has 3 N–H and O–H groups in total. The van der Waals surface area contributed by atoms with Gasteiger partial charge in [-0.3, -0.25) is 0 Å². The Hall–Kier alpha value is -2.93. The molecule has 0 aromatic heterocycles. The highest BCUT2D eigenvalue weighted by atomic mass is 16.5. The standard InChI is InChI=1S/C21H26N2O5/c1-26-15-9-10-16-14(12-15)6-5-11-21(16,25)13-22-20(24)23-17-7-4-8-18(27-2)19(17)28-3/h4,7-10,12,25H,5-6,11,13H2,1-3H3,(H2,22,23,24)/t21-/m1/s1. The maximum absolute atomic E-state index is 12.4. The summed E-state index contributed by atoms with van der Waals surface area (Å²) in [4.78, 5) is 12.4. The molecule has 0 heterocycles. The van der Waals surface area contributed by atoms with Crippen molar-refractivity contribution < 1.29 is 24.1 Å². The fourth-order valence-corrected chi connectivity index (χ4v) is 3.63. The molecule has 0 fully saturated rings. The summed E-state index contributed by atoms with van der Waals surface area (Å²) in [5.41, 5.74) is 1.25. The molecular weight excluding hydrogens is 360 g/mol. The summed E-state index contributed by atoms with van der Waals surface area (Å²) in [5, 5.41) is 16.7. The van der Waals surface area contributed by atoms with E-state index in [0.717, 1.165) is 29.7 Å². The third kappa shape index (κ3) is 3.99. The number of aryl methyl sites for hydroxylation is 1. The predicted octanol–water partition coefficient (Wildman–Crippen LogP) is 3.06. The van der Waals surface area contributed by atoms with Crippen LogP contribution in [0.5, 0.6) is 17.2 Å². The van der Waals surface area contributed by atoms with Crippen molar-refractivity contribution in [1.29, 1.82) is 0 Å². The first-order chi connectivity index (χ1) is 13.5. The summed E-state index contributed by atoms with van der Waals surface area (Å²) in [5.74, 6) is 1.72. The lowest BCUT2D eigenvalue weighted by Gasteiger charge is -2.35. The van der Waals surface area contributed by atoms with Gasteiger partial charge in [-0.1, -0.05) is 12.1 Å². The van der Waals surface area contributed by atoms with E-state index >= 15 is 0 Å². The van der Waals surface area contributed by atoms with Gasteiger partial charge in [-0.25, -0.2) is 4.79 Å². The van der Waals surface area contributed by atoms with E-state index in [9.17, 15) is 9.90 Å². The van der Waals surface area contributed by atoms with Crippen LogP contribution in [0, 0.1) is 0 Å². The van der Waals surface area contributed by atoms with Crippen molar-refractivity contribution in [1.82, 2.24) is 5.32 Å². The summed E-state index contributed by atoms with van der Waals surface area (Å²) in [6, 6.07) is 10.4. The topological polar surface area (TPSA) is 89.1 Å². The zero-order valence-electron chi connectivity index (χ0n) is 16.4. The van der Waals surface area contributed by atoms with Crippen molar-refractivity contribution >= 4 is 11.7 Å². The molecular formula is C21H26N2O5. The van der Waals surface area contributed by atoms with Crippen LogP contribution >= 0.6 is 0 Å². The number of hydrogen-bond donors (Lipinski definition) is 3. The highest BCUT2D eigenvalue weighted by Gasteiger charge is 2.35. The minimum Gasteiger partial charge on any atom is -0.497 e. The Morgan fingerprint density at radius 3 is 2.68 bits per heavy atom. The number of fused-ring (bicyclic) bond motifs is 1. The zero-order valence-corrected chi connectivity index (χ0v) is 16.4. The largest absolute Gasteiger partial charge is 0.497 e. The number of carbonyl (C=O) groups excluding carboxylic acids is 1. The number of benzene rings is 2. The molecule has 0 radical (unpaired) electrons. The first kappa shape index (κ1) is 19.8. The van der Waals surface area contributed by atoms with Gasteiger partial charge >= 0.3 is 6.03 Å². The molecule has 1 aliphatic rings. The molecule has 2 aromatic rings. The number of nitrogens with one attached hydrogen (secondary N) is 2. The Balaban J connectivity index is 1.70. The van der Waals surface area contributed by atoms with Gasteiger partial charge in [-0.05, 0) is 54.7 Å². The minimum atomic E-state index is -1.12. The second kappa shape index (κ2) is 8.39. The Bertz CT molecular complexity index is 855. The molecule has 2 aromatic carbocycles. The van der Waals surface area contributed by atoms with E-state index in [4.69, 9.17) is 14.2 Å². The van der Waals surface area contributed by atoms with Crippen LogP contribution in [0.15, 0.2) is 36.4 Å². The lowest BCUT2D eigenvalue weighted by Crippen LogP contribution is -2.44. The number of para-hydroxylation sites is 1. The number of rotatable bonds is 6. The lowest BCUT2D eigenvalue weighted by molar-refractivity contribution is 0.0220. The highest BCUT2D eigenvalue weighted by molar-refractivity contribution is 5.91. The molecule has 0 bridgehead atoms. The third-order valence-electron chi connectivity index (χ3n) is 5.04. The fourth-order valence-electron chi connectivity index (χ4n) is 3.63. The molecule has 2 amide bonds. The van der Waals surface area contributed by atoms with Crippen LogP contribution in [0.4, 0.5) is 10.5 Å². The van der Waals surface area contributed by atoms with E-state index in [1.54, 1.807) is 25.3 Å². The van der Waals surface area contributed by atoms with Crippen LogP contribution in [0.25, 0.3) is 0 Å². The van der Waals surface area contributed by atoms with Crippen LogP contribution in [0.1, 0.15) is 24.0 Å². The highest BCUT2D eigenvalue weighted by Crippen LogP contribution is 2.37. The number of methoxy groups -OCH3 is 3. The Labute approximate surface area is 164 Å². The van der Waals surface area contributed by atoms with Gasteiger partial charge in [0, 0.05) is 0 Å². The number of carbonyl (C=O) groups is 1. The van der Waals surface area contributed by atoms with E-state index in [0.29, 0.717) is 23.6 Å².